The van der Waals surface area contributed by atoms with Crippen LogP contribution in [0.5, 0.6) is 0 Å². The van der Waals surface area contributed by atoms with Gasteiger partial charge in [-0.25, -0.2) is 16.8 Å². The Morgan fingerprint density at radius 2 is 1.35 bits per heavy atom. The van der Waals surface area contributed by atoms with Gasteiger partial charge in [-0.15, -0.1) is 0 Å². The van der Waals surface area contributed by atoms with Gasteiger partial charge >= 0.3 is 11.0 Å². The van der Waals surface area contributed by atoms with Crippen LogP contribution in [0, 0.1) is 0 Å². The molecule has 14 heteroatoms. The number of sulfone groups is 2. The van der Waals surface area contributed by atoms with Crippen molar-refractivity contribution in [3.05, 3.63) is 12.2 Å². The summed E-state index contributed by atoms with van der Waals surface area (Å²) in [6.45, 7) is 3.22. The average Bonchev–Trinajstić information content (AvgIpc) is 2.30. The van der Waals surface area contributed by atoms with Crippen LogP contribution in [0.1, 0.15) is 13.3 Å². The first kappa shape index (κ1) is 21.7. The third-order valence-electron chi connectivity index (χ3n) is 2.39. The molecule has 1 amide bonds. The quantitative estimate of drug-likeness (QED) is 0.543. The lowest BCUT2D eigenvalue weighted by Gasteiger charge is -2.21. The fraction of sp³-hybridized carbons (Fsp3) is 0.667. The molecule has 0 unspecified atom stereocenters. The van der Waals surface area contributed by atoms with Crippen LogP contribution in [0.25, 0.3) is 0 Å². The zero-order chi connectivity index (χ0) is 18.9. The molecule has 0 aliphatic carbocycles. The fourth-order valence-electron chi connectivity index (χ4n) is 1.23. The average molecular weight is 391 g/mol. The molecule has 0 aliphatic heterocycles. The summed E-state index contributed by atoms with van der Waals surface area (Å²) in [7, 11) is -13.4. The normalized spacial score (nSPS) is 13.9. The number of carbonyl (C=O) groups excluding carboxylic acids is 1. The third kappa shape index (κ3) is 4.83. The molecule has 0 atom stereocenters. The molecule has 0 rings (SSSR count). The van der Waals surface area contributed by atoms with Crippen molar-refractivity contribution in [1.29, 1.82) is 0 Å². The summed E-state index contributed by atoms with van der Waals surface area (Å²) in [6, 6.07) is 0. The minimum atomic E-state index is -6.68. The highest BCUT2D eigenvalue weighted by molar-refractivity contribution is 8.09. The van der Waals surface area contributed by atoms with Gasteiger partial charge in [0.25, 0.3) is 19.7 Å². The van der Waals surface area contributed by atoms with Crippen molar-refractivity contribution in [3.63, 3.8) is 0 Å². The smallest absolute Gasteiger partial charge is 0.352 e. The lowest BCUT2D eigenvalue weighted by atomic mass is 10.3. The molecule has 0 radical (unpaired) electrons. The Balaban J connectivity index is 5.71. The van der Waals surface area contributed by atoms with E-state index in [9.17, 15) is 48.0 Å². The van der Waals surface area contributed by atoms with E-state index < -0.39 is 54.1 Å². The topological polar surface area (TPSA) is 97.4 Å². The summed E-state index contributed by atoms with van der Waals surface area (Å²) in [5.74, 6) is -0.988. The summed E-state index contributed by atoms with van der Waals surface area (Å²) in [4.78, 5) is 11.1. The van der Waals surface area contributed by atoms with Gasteiger partial charge in [0.05, 0.1) is 0 Å². The minimum Gasteiger partial charge on any atom is -0.352 e. The largest absolute Gasteiger partial charge is 0.498 e. The molecular weight excluding hydrogens is 380 g/mol. The van der Waals surface area contributed by atoms with Crippen LogP contribution < -0.4 is 5.32 Å². The molecule has 136 valence electrons. The number of hydrogen-bond donors (Lipinski definition) is 1. The number of nitrogens with one attached hydrogen (secondary N) is 1. The molecule has 0 aliphatic rings. The molecule has 1 N–H and O–H groups in total. The number of alkyl halides is 6. The molecule has 0 aromatic carbocycles. The summed E-state index contributed by atoms with van der Waals surface area (Å²) in [5.41, 5.74) is -12.6. The Bertz CT molecular complexity index is 632. The summed E-state index contributed by atoms with van der Waals surface area (Å²) < 4.78 is 115. The van der Waals surface area contributed by atoms with Crippen molar-refractivity contribution in [1.82, 2.24) is 5.32 Å². The maximum absolute atomic E-state index is 12.4. The highest BCUT2D eigenvalue weighted by atomic mass is 32.3. The zero-order valence-corrected chi connectivity index (χ0v) is 13.0. The highest BCUT2D eigenvalue weighted by Crippen LogP contribution is 2.37. The van der Waals surface area contributed by atoms with E-state index in [1.165, 1.54) is 0 Å². The maximum atomic E-state index is 12.4. The molecule has 0 saturated heterocycles. The van der Waals surface area contributed by atoms with Gasteiger partial charge in [-0.1, -0.05) is 6.58 Å². The van der Waals surface area contributed by atoms with E-state index in [0.29, 0.717) is 0 Å². The van der Waals surface area contributed by atoms with Gasteiger partial charge in [-0.3, -0.25) is 4.79 Å². The lowest BCUT2D eigenvalue weighted by Crippen LogP contribution is -2.46. The Hall–Kier alpha value is -1.31. The van der Waals surface area contributed by atoms with Crippen molar-refractivity contribution < 1.29 is 48.0 Å². The van der Waals surface area contributed by atoms with Crippen LogP contribution in [-0.2, 0) is 24.5 Å². The summed E-state index contributed by atoms with van der Waals surface area (Å²) in [5, 5.41) is 1.76. The predicted octanol–water partition coefficient (Wildman–Crippen LogP) is 1.26. The van der Waals surface area contributed by atoms with E-state index in [-0.39, 0.29) is 5.57 Å². The second-order valence-electron chi connectivity index (χ2n) is 4.24. The lowest BCUT2D eigenvalue weighted by molar-refractivity contribution is -0.117. The van der Waals surface area contributed by atoms with E-state index in [0.717, 1.165) is 6.92 Å². The number of rotatable bonds is 6. The molecule has 6 nitrogen and oxygen atoms in total. The first-order chi connectivity index (χ1) is 9.96. The molecule has 0 bridgehead atoms. The Labute approximate surface area is 127 Å². The molecule has 0 spiro atoms. The van der Waals surface area contributed by atoms with E-state index >= 15 is 0 Å². The number of halogens is 6. The van der Waals surface area contributed by atoms with Gasteiger partial charge < -0.3 is 5.32 Å². The first-order valence-electron chi connectivity index (χ1n) is 5.50. The van der Waals surface area contributed by atoms with Crippen LogP contribution in [0.2, 0.25) is 0 Å². The Morgan fingerprint density at radius 3 is 1.61 bits per heavy atom. The van der Waals surface area contributed by atoms with E-state index in [1.54, 1.807) is 5.32 Å². The van der Waals surface area contributed by atoms with Gasteiger partial charge in [-0.2, -0.15) is 26.3 Å². The van der Waals surface area contributed by atoms with Gasteiger partial charge in [0.1, 0.15) is 0 Å². The minimum absolute atomic E-state index is 0.168. The van der Waals surface area contributed by atoms with Crippen molar-refractivity contribution >= 4 is 25.6 Å². The maximum Gasteiger partial charge on any atom is 0.498 e. The van der Waals surface area contributed by atoms with Crippen molar-refractivity contribution in [2.24, 2.45) is 0 Å². The third-order valence-corrected chi connectivity index (χ3v) is 7.06. The van der Waals surface area contributed by atoms with Crippen molar-refractivity contribution in [2.45, 2.75) is 28.9 Å². The molecule has 0 fully saturated rings. The molecule has 0 saturated carbocycles. The number of carbonyl (C=O) groups is 1. The highest BCUT2D eigenvalue weighted by Gasteiger charge is 2.62. The van der Waals surface area contributed by atoms with E-state index in [2.05, 4.69) is 6.58 Å². The van der Waals surface area contributed by atoms with E-state index in [1.807, 2.05) is 0 Å². The molecule has 0 aromatic rings. The first-order valence-corrected chi connectivity index (χ1v) is 8.59. The number of amides is 1. The Morgan fingerprint density at radius 1 is 1.00 bits per heavy atom. The summed E-state index contributed by atoms with van der Waals surface area (Å²) in [6.07, 6.45) is -1.64. The second kappa shape index (κ2) is 6.67. The molecule has 0 heterocycles. The van der Waals surface area contributed by atoms with Gasteiger partial charge in [0, 0.05) is 12.1 Å². The van der Waals surface area contributed by atoms with Crippen molar-refractivity contribution in [3.8, 4) is 0 Å². The van der Waals surface area contributed by atoms with Crippen LogP contribution in [0.4, 0.5) is 26.3 Å². The molecule has 23 heavy (non-hydrogen) atoms. The number of hydrogen-bond acceptors (Lipinski definition) is 5. The van der Waals surface area contributed by atoms with Gasteiger partial charge in [-0.05, 0) is 13.3 Å². The van der Waals surface area contributed by atoms with Crippen molar-refractivity contribution in [2.75, 3.05) is 6.54 Å². The van der Waals surface area contributed by atoms with Gasteiger partial charge in [0.2, 0.25) is 5.91 Å². The van der Waals surface area contributed by atoms with Crippen LogP contribution in [0.3, 0.4) is 0 Å². The summed E-state index contributed by atoms with van der Waals surface area (Å²) >= 11 is 0. The zero-order valence-electron chi connectivity index (χ0n) is 11.3. The second-order valence-corrected chi connectivity index (χ2v) is 8.78. The SMILES string of the molecule is C=C(C)C(=O)NCCC(S(=O)(=O)C(F)(F)F)S(=O)(=O)C(F)(F)F. The van der Waals surface area contributed by atoms with Crippen LogP contribution in [0.15, 0.2) is 12.2 Å². The monoisotopic (exact) mass is 391 g/mol. The Kier molecular flexibility index (Phi) is 6.29. The van der Waals surface area contributed by atoms with Crippen LogP contribution in [-0.4, -0.2) is 44.9 Å². The predicted molar refractivity (Wildman–Crippen MR) is 66.2 cm³/mol. The fourth-order valence-corrected chi connectivity index (χ4v) is 4.67. The molecular formula is C9H11F6NO5S2. The standard InChI is InChI=1S/C9H11F6NO5S2/c1-5(2)7(17)16-4-3-6(22(18,19)8(10,11)12)23(20,21)9(13,14)15/h6H,1,3-4H2,2H3,(H,16,17). The molecule has 0 aromatic heterocycles. The van der Waals surface area contributed by atoms with Crippen LogP contribution >= 0.6 is 0 Å². The van der Waals surface area contributed by atoms with Gasteiger partial charge in [0.15, 0.2) is 4.58 Å². The van der Waals surface area contributed by atoms with E-state index in [4.69, 9.17) is 0 Å².